The summed E-state index contributed by atoms with van der Waals surface area (Å²) < 4.78 is 9.25. The molecule has 1 aromatic rings. The van der Waals surface area contributed by atoms with E-state index in [2.05, 4.69) is 20.1 Å². The normalized spacial score (nSPS) is 29.3. The number of methoxy groups -OCH3 is 2. The second-order valence-corrected chi connectivity index (χ2v) is 8.93. The summed E-state index contributed by atoms with van der Waals surface area (Å²) in [5.74, 6) is 0.879. The van der Waals surface area contributed by atoms with Gasteiger partial charge in [-0.25, -0.2) is 9.59 Å². The lowest BCUT2D eigenvalue weighted by atomic mass is 9.53. The van der Waals surface area contributed by atoms with Gasteiger partial charge in [0.15, 0.2) is 0 Å². The Morgan fingerprint density at radius 2 is 1.50 bits per heavy atom. The molecule has 1 aromatic carbocycles. The molecule has 0 saturated heterocycles. The lowest BCUT2D eigenvalue weighted by molar-refractivity contribution is -0.138. The SMILES string of the molecule is COC(=O)/C=C(/Nc1ccc(C(=O)NC23CC4CC(CC(C4)C2)C3)cc1)C(=O)OC. The number of anilines is 1. The van der Waals surface area contributed by atoms with Gasteiger partial charge in [0.1, 0.15) is 5.70 Å². The zero-order valence-electron chi connectivity index (χ0n) is 17.4. The molecule has 4 aliphatic carbocycles. The van der Waals surface area contributed by atoms with Gasteiger partial charge >= 0.3 is 11.9 Å². The monoisotopic (exact) mass is 412 g/mol. The van der Waals surface area contributed by atoms with E-state index in [1.165, 1.54) is 33.5 Å². The van der Waals surface area contributed by atoms with Gasteiger partial charge in [0.2, 0.25) is 0 Å². The van der Waals surface area contributed by atoms with Crippen LogP contribution in [0.5, 0.6) is 0 Å². The van der Waals surface area contributed by atoms with Gasteiger partial charge in [-0.1, -0.05) is 0 Å². The second-order valence-electron chi connectivity index (χ2n) is 8.93. The van der Waals surface area contributed by atoms with Crippen LogP contribution in [-0.4, -0.2) is 37.6 Å². The molecule has 0 aromatic heterocycles. The summed E-state index contributed by atoms with van der Waals surface area (Å²) in [6, 6.07) is 6.82. The van der Waals surface area contributed by atoms with E-state index in [9.17, 15) is 14.4 Å². The molecule has 30 heavy (non-hydrogen) atoms. The first-order valence-electron chi connectivity index (χ1n) is 10.5. The largest absolute Gasteiger partial charge is 0.466 e. The highest BCUT2D eigenvalue weighted by Gasteiger charge is 2.51. The maximum atomic E-state index is 12.9. The highest BCUT2D eigenvalue weighted by molar-refractivity contribution is 5.99. The van der Waals surface area contributed by atoms with E-state index < -0.39 is 11.9 Å². The summed E-state index contributed by atoms with van der Waals surface area (Å²) in [6.07, 6.45) is 8.33. The minimum atomic E-state index is -0.691. The molecule has 0 atom stereocenters. The van der Waals surface area contributed by atoms with Gasteiger partial charge in [-0.3, -0.25) is 4.79 Å². The molecule has 160 valence electrons. The molecular weight excluding hydrogens is 384 g/mol. The Morgan fingerprint density at radius 3 is 2.00 bits per heavy atom. The first-order valence-corrected chi connectivity index (χ1v) is 10.5. The molecule has 0 heterocycles. The number of carbonyl (C=O) groups excluding carboxylic acids is 3. The smallest absolute Gasteiger partial charge is 0.354 e. The van der Waals surface area contributed by atoms with Crippen molar-refractivity contribution in [3.8, 4) is 0 Å². The highest BCUT2D eigenvalue weighted by Crippen LogP contribution is 2.55. The van der Waals surface area contributed by atoms with Gasteiger partial charge in [-0.15, -0.1) is 0 Å². The maximum Gasteiger partial charge on any atom is 0.354 e. The van der Waals surface area contributed by atoms with Crippen LogP contribution in [-0.2, 0) is 19.1 Å². The Hall–Kier alpha value is -2.83. The van der Waals surface area contributed by atoms with E-state index in [1.54, 1.807) is 24.3 Å². The number of hydrogen-bond acceptors (Lipinski definition) is 6. The van der Waals surface area contributed by atoms with Crippen LogP contribution in [0.1, 0.15) is 48.9 Å². The summed E-state index contributed by atoms with van der Waals surface area (Å²) in [5.41, 5.74) is 1.05. The van der Waals surface area contributed by atoms with E-state index in [0.29, 0.717) is 11.3 Å². The fourth-order valence-corrected chi connectivity index (χ4v) is 5.87. The summed E-state index contributed by atoms with van der Waals surface area (Å²) in [6.45, 7) is 0. The maximum absolute atomic E-state index is 12.9. The number of ether oxygens (including phenoxy) is 2. The molecule has 4 saturated carbocycles. The van der Waals surface area contributed by atoms with Gasteiger partial charge < -0.3 is 20.1 Å². The molecule has 2 N–H and O–H groups in total. The van der Waals surface area contributed by atoms with Crippen LogP contribution < -0.4 is 10.6 Å². The summed E-state index contributed by atoms with van der Waals surface area (Å²) in [4.78, 5) is 36.3. The van der Waals surface area contributed by atoms with Crippen LogP contribution in [0, 0.1) is 17.8 Å². The lowest BCUT2D eigenvalue weighted by Crippen LogP contribution is -2.59. The van der Waals surface area contributed by atoms with Crippen molar-refractivity contribution >= 4 is 23.5 Å². The standard InChI is InChI=1S/C23H28N2O5/c1-29-20(26)10-19(22(28)30-2)24-18-5-3-17(4-6-18)21(27)25-23-11-14-7-15(12-23)9-16(8-14)13-23/h3-6,10,14-16,24H,7-9,11-13H2,1-2H3,(H,25,27)/b19-10+. The van der Waals surface area contributed by atoms with Crippen molar-refractivity contribution in [3.63, 3.8) is 0 Å². The van der Waals surface area contributed by atoms with Crippen molar-refractivity contribution in [2.45, 2.75) is 44.1 Å². The molecule has 7 nitrogen and oxygen atoms in total. The Balaban J connectivity index is 1.43. The van der Waals surface area contributed by atoms with E-state index in [-0.39, 0.29) is 17.1 Å². The third-order valence-electron chi connectivity index (χ3n) is 6.71. The van der Waals surface area contributed by atoms with Gasteiger partial charge in [-0.05, 0) is 80.5 Å². The van der Waals surface area contributed by atoms with Crippen LogP contribution in [0.4, 0.5) is 5.69 Å². The molecule has 7 heteroatoms. The number of hydrogen-bond donors (Lipinski definition) is 2. The molecule has 0 spiro atoms. The number of rotatable bonds is 6. The fourth-order valence-electron chi connectivity index (χ4n) is 5.87. The fraction of sp³-hybridized carbons (Fsp3) is 0.522. The third kappa shape index (κ3) is 4.20. The van der Waals surface area contributed by atoms with Gasteiger partial charge in [0.25, 0.3) is 5.91 Å². The third-order valence-corrected chi connectivity index (χ3v) is 6.71. The van der Waals surface area contributed by atoms with Crippen molar-refractivity contribution in [2.75, 3.05) is 19.5 Å². The summed E-state index contributed by atoms with van der Waals surface area (Å²) in [5, 5.41) is 6.20. The number of esters is 2. The molecule has 0 unspecified atom stereocenters. The van der Waals surface area contributed by atoms with E-state index in [0.717, 1.165) is 43.1 Å². The Kier molecular flexibility index (Phi) is 5.54. The molecule has 1 amide bonds. The van der Waals surface area contributed by atoms with Gasteiger partial charge in [0, 0.05) is 16.8 Å². The lowest BCUT2D eigenvalue weighted by Gasteiger charge is -2.56. The topological polar surface area (TPSA) is 93.7 Å². The number of carbonyl (C=O) groups is 3. The van der Waals surface area contributed by atoms with Gasteiger partial charge in [-0.2, -0.15) is 0 Å². The molecule has 4 bridgehead atoms. The van der Waals surface area contributed by atoms with Crippen molar-refractivity contribution in [2.24, 2.45) is 17.8 Å². The minimum absolute atomic E-state index is 0.0376. The average Bonchev–Trinajstić information content (AvgIpc) is 2.71. The van der Waals surface area contributed by atoms with Crippen molar-refractivity contribution in [3.05, 3.63) is 41.6 Å². The van der Waals surface area contributed by atoms with Gasteiger partial charge in [0.05, 0.1) is 20.3 Å². The second kappa shape index (κ2) is 8.13. The molecule has 0 aliphatic heterocycles. The predicted octanol–water partition coefficient (Wildman–Crippen LogP) is 3.03. The Morgan fingerprint density at radius 1 is 0.933 bits per heavy atom. The average molecular weight is 412 g/mol. The van der Waals surface area contributed by atoms with Crippen molar-refractivity contribution in [1.82, 2.24) is 5.32 Å². The van der Waals surface area contributed by atoms with Crippen LogP contribution in [0.2, 0.25) is 0 Å². The quantitative estimate of drug-likeness (QED) is 0.551. The van der Waals surface area contributed by atoms with E-state index in [1.807, 2.05) is 0 Å². The van der Waals surface area contributed by atoms with E-state index >= 15 is 0 Å². The molecular formula is C23H28N2O5. The molecule has 4 fully saturated rings. The van der Waals surface area contributed by atoms with Crippen LogP contribution in [0.25, 0.3) is 0 Å². The van der Waals surface area contributed by atoms with E-state index in [4.69, 9.17) is 0 Å². The first kappa shape index (κ1) is 20.4. The van der Waals surface area contributed by atoms with Crippen LogP contribution >= 0.6 is 0 Å². The minimum Gasteiger partial charge on any atom is -0.466 e. The number of amides is 1. The number of benzene rings is 1. The predicted molar refractivity (Wildman–Crippen MR) is 111 cm³/mol. The zero-order chi connectivity index (χ0) is 21.3. The number of nitrogens with one attached hydrogen (secondary N) is 2. The Bertz CT molecular complexity index is 839. The van der Waals surface area contributed by atoms with Crippen LogP contribution in [0.3, 0.4) is 0 Å². The Labute approximate surface area is 176 Å². The summed E-state index contributed by atoms with van der Waals surface area (Å²) >= 11 is 0. The van der Waals surface area contributed by atoms with Crippen molar-refractivity contribution in [1.29, 1.82) is 0 Å². The molecule has 5 rings (SSSR count). The first-order chi connectivity index (χ1) is 14.4. The molecule has 4 aliphatic rings. The van der Waals surface area contributed by atoms with Crippen molar-refractivity contribution < 1.29 is 23.9 Å². The molecule has 0 radical (unpaired) electrons. The van der Waals surface area contributed by atoms with Crippen LogP contribution in [0.15, 0.2) is 36.0 Å². The zero-order valence-corrected chi connectivity index (χ0v) is 17.4. The highest BCUT2D eigenvalue weighted by atomic mass is 16.5. The summed E-state index contributed by atoms with van der Waals surface area (Å²) in [7, 11) is 2.46.